The van der Waals surface area contributed by atoms with E-state index in [1.807, 2.05) is 50.5 Å². The molecule has 0 saturated carbocycles. The number of hydrogen-bond acceptors (Lipinski definition) is 10. The highest BCUT2D eigenvalue weighted by molar-refractivity contribution is 5.99. The number of likely N-dealkylation sites (tertiary alicyclic amines) is 2. The van der Waals surface area contributed by atoms with Gasteiger partial charge in [0.2, 0.25) is 0 Å². The Morgan fingerprint density at radius 2 is 1.32 bits per heavy atom. The Morgan fingerprint density at radius 1 is 0.754 bits per heavy atom. The third kappa shape index (κ3) is 9.02. The summed E-state index contributed by atoms with van der Waals surface area (Å²) in [7, 11) is 6.20. The monoisotopic (exact) mass is 886 g/mol. The van der Waals surface area contributed by atoms with E-state index in [-0.39, 0.29) is 24.1 Å². The Balaban J connectivity index is 1.07. The molecule has 6 N–H and O–H groups in total. The molecule has 0 amide bonds. The van der Waals surface area contributed by atoms with Gasteiger partial charge in [0.1, 0.15) is 5.75 Å². The van der Waals surface area contributed by atoms with Gasteiger partial charge in [0.25, 0.3) is 11.1 Å². The summed E-state index contributed by atoms with van der Waals surface area (Å²) in [5.74, 6) is -3.34. The van der Waals surface area contributed by atoms with Crippen molar-refractivity contribution < 1.29 is 24.5 Å². The number of H-pyrrole nitrogens is 2. The van der Waals surface area contributed by atoms with Crippen molar-refractivity contribution >= 4 is 33.7 Å². The van der Waals surface area contributed by atoms with Crippen molar-refractivity contribution in [2.75, 3.05) is 46.3 Å². The molecule has 2 saturated heterocycles. The molecule has 2 fully saturated rings. The van der Waals surface area contributed by atoms with Crippen molar-refractivity contribution in [2.24, 2.45) is 20.0 Å². The van der Waals surface area contributed by atoms with Gasteiger partial charge in [0.15, 0.2) is 16.9 Å². The zero-order valence-corrected chi connectivity index (χ0v) is 38.4. The molecule has 6 heterocycles. The molecule has 4 aromatic heterocycles. The minimum Gasteiger partial charge on any atom is -0.506 e. The number of aromatic amines is 2. The number of carboxylic acids is 1. The average Bonchev–Trinajstić information content (AvgIpc) is 3.97. The number of nitrogens with one attached hydrogen (secondary N) is 4. The van der Waals surface area contributed by atoms with Gasteiger partial charge < -0.3 is 49.6 Å². The SMILES string of the molecule is CCc1c(-c2ccc3c(c2)cc(CNCC2CCCN(C)C2)n3C)[nH]c(=O)c(C(=O)Oc2c(CC)c(-c3ccc4c(c3)cc(CNCC3CCCN3CC)n4C)[nH]c(=O)c2C(=O)O)c1O. The van der Waals surface area contributed by atoms with E-state index in [4.69, 9.17) is 4.74 Å². The van der Waals surface area contributed by atoms with Crippen LogP contribution in [0, 0.1) is 5.92 Å². The highest BCUT2D eigenvalue weighted by Crippen LogP contribution is 2.36. The van der Waals surface area contributed by atoms with Crippen LogP contribution in [0.4, 0.5) is 0 Å². The summed E-state index contributed by atoms with van der Waals surface area (Å²) >= 11 is 0. The minimum atomic E-state index is -1.61. The Kier molecular flexibility index (Phi) is 13.5. The van der Waals surface area contributed by atoms with Crippen LogP contribution in [-0.4, -0.2) is 103 Å². The maximum atomic E-state index is 14.1. The zero-order chi connectivity index (χ0) is 46.1. The molecule has 65 heavy (non-hydrogen) atoms. The maximum absolute atomic E-state index is 14.1. The van der Waals surface area contributed by atoms with Gasteiger partial charge in [-0.25, -0.2) is 9.59 Å². The van der Waals surface area contributed by atoms with Crippen molar-refractivity contribution in [2.45, 2.75) is 78.4 Å². The molecule has 344 valence electrons. The Hall–Kier alpha value is -6.00. The lowest BCUT2D eigenvalue weighted by molar-refractivity contribution is 0.0677. The van der Waals surface area contributed by atoms with Gasteiger partial charge in [-0.3, -0.25) is 14.5 Å². The number of aromatic carboxylic acids is 1. The quantitative estimate of drug-likeness (QED) is 0.0614. The molecule has 15 nitrogen and oxygen atoms in total. The number of fused-ring (bicyclic) bond motifs is 2. The van der Waals surface area contributed by atoms with Crippen molar-refractivity contribution in [3.8, 4) is 34.0 Å². The number of carboxylic acid groups (broad SMARTS) is 1. The van der Waals surface area contributed by atoms with E-state index < -0.39 is 45.7 Å². The predicted octanol–water partition coefficient (Wildman–Crippen LogP) is 6.13. The van der Waals surface area contributed by atoms with Gasteiger partial charge in [0.05, 0.1) is 11.4 Å². The summed E-state index contributed by atoms with van der Waals surface area (Å²) in [5.41, 5.74) is 3.21. The number of esters is 1. The van der Waals surface area contributed by atoms with Crippen LogP contribution in [0.5, 0.6) is 11.5 Å². The molecule has 15 heteroatoms. The molecule has 8 rings (SSSR count). The normalized spacial score (nSPS) is 17.1. The fourth-order valence-corrected chi connectivity index (χ4v) is 10.3. The number of benzene rings is 2. The number of aromatic nitrogens is 4. The average molecular weight is 887 g/mol. The number of carbonyl (C=O) groups excluding carboxylic acids is 1. The van der Waals surface area contributed by atoms with Crippen molar-refractivity contribution in [1.82, 2.24) is 39.5 Å². The Bertz CT molecular complexity index is 2890. The van der Waals surface area contributed by atoms with Crippen LogP contribution >= 0.6 is 0 Å². The van der Waals surface area contributed by atoms with E-state index in [2.05, 4.69) is 65.6 Å². The van der Waals surface area contributed by atoms with Crippen LogP contribution in [0.1, 0.15) is 89.7 Å². The van der Waals surface area contributed by atoms with E-state index in [1.54, 1.807) is 13.8 Å². The van der Waals surface area contributed by atoms with Gasteiger partial charge in [-0.15, -0.1) is 0 Å². The molecule has 0 spiro atoms. The predicted molar refractivity (Wildman–Crippen MR) is 254 cm³/mol. The molecule has 2 aliphatic rings. The summed E-state index contributed by atoms with van der Waals surface area (Å²) in [6.07, 6.45) is 5.23. The zero-order valence-electron chi connectivity index (χ0n) is 38.4. The molecule has 0 radical (unpaired) electrons. The van der Waals surface area contributed by atoms with Crippen LogP contribution < -0.4 is 26.5 Å². The van der Waals surface area contributed by atoms with E-state index in [0.29, 0.717) is 47.4 Å². The summed E-state index contributed by atoms with van der Waals surface area (Å²) in [6.45, 7) is 13.4. The fourth-order valence-electron chi connectivity index (χ4n) is 10.3. The number of carbonyl (C=O) groups is 2. The summed E-state index contributed by atoms with van der Waals surface area (Å²) in [6, 6.07) is 16.2. The van der Waals surface area contributed by atoms with E-state index in [0.717, 1.165) is 72.5 Å². The van der Waals surface area contributed by atoms with E-state index in [9.17, 15) is 29.4 Å². The van der Waals surface area contributed by atoms with Gasteiger partial charge in [-0.1, -0.05) is 32.9 Å². The first kappa shape index (κ1) is 45.6. The van der Waals surface area contributed by atoms with Crippen LogP contribution in [0.25, 0.3) is 44.3 Å². The first-order valence-electron chi connectivity index (χ1n) is 23.1. The number of aromatic hydroxyl groups is 1. The number of rotatable bonds is 16. The van der Waals surface area contributed by atoms with Crippen LogP contribution in [-0.2, 0) is 40.0 Å². The number of likely N-dealkylation sites (N-methyl/N-ethyl adjacent to an activating group) is 1. The molecule has 2 aliphatic heterocycles. The Labute approximate surface area is 378 Å². The number of pyridine rings is 2. The molecule has 2 aromatic carbocycles. The largest absolute Gasteiger partial charge is 0.506 e. The Morgan fingerprint density at radius 3 is 1.89 bits per heavy atom. The second kappa shape index (κ2) is 19.2. The number of nitrogens with zero attached hydrogens (tertiary/aromatic N) is 4. The second-order valence-electron chi connectivity index (χ2n) is 17.8. The molecular formula is C50H62N8O7. The van der Waals surface area contributed by atoms with Gasteiger partial charge >= 0.3 is 11.9 Å². The molecular weight excluding hydrogens is 825 g/mol. The highest BCUT2D eigenvalue weighted by atomic mass is 16.5. The highest BCUT2D eigenvalue weighted by Gasteiger charge is 2.30. The lowest BCUT2D eigenvalue weighted by Crippen LogP contribution is -2.37. The molecule has 0 bridgehead atoms. The minimum absolute atomic E-state index is 0.159. The lowest BCUT2D eigenvalue weighted by atomic mass is 9.98. The second-order valence-corrected chi connectivity index (χ2v) is 17.8. The maximum Gasteiger partial charge on any atom is 0.353 e. The molecule has 2 unspecified atom stereocenters. The van der Waals surface area contributed by atoms with Crippen LogP contribution in [0.3, 0.4) is 0 Å². The number of aryl methyl sites for hydroxylation is 2. The van der Waals surface area contributed by atoms with Gasteiger partial charge in [0, 0.05) is 90.6 Å². The summed E-state index contributed by atoms with van der Waals surface area (Å²) in [4.78, 5) is 64.6. The number of piperidine rings is 1. The van der Waals surface area contributed by atoms with Gasteiger partial charge in [-0.2, -0.15) is 0 Å². The number of hydrogen-bond donors (Lipinski definition) is 6. The first-order chi connectivity index (χ1) is 31.3. The van der Waals surface area contributed by atoms with E-state index >= 15 is 0 Å². The smallest absolute Gasteiger partial charge is 0.353 e. The summed E-state index contributed by atoms with van der Waals surface area (Å²) in [5, 5.41) is 31.0. The first-order valence-corrected chi connectivity index (χ1v) is 23.1. The summed E-state index contributed by atoms with van der Waals surface area (Å²) < 4.78 is 10.0. The standard InChI is InChI=1S/C50H62N8O7/c1-7-37-43(30-14-16-39-32(20-30)22-35(56(39)5)26-51-24-29-12-10-18-55(4)28-29)53-47(60)41(45(37)59)50(64)65-46-38(8-2)44(54-48(61)42(46)49(62)63)31-15-17-40-33(21-31)23-36(57(40)6)27-52-25-34-13-11-19-58(34)9-3/h14-17,20-23,29,34,51-52H,7-13,18-19,24-28H2,1-6H3,(H,54,61)(H,62,63)(H2,53,59,60). The number of ether oxygens (including phenoxy) is 1. The third-order valence-electron chi connectivity index (χ3n) is 13.8. The third-order valence-corrected chi connectivity index (χ3v) is 13.8. The van der Waals surface area contributed by atoms with Crippen LogP contribution in [0.15, 0.2) is 58.1 Å². The molecule has 2 atom stereocenters. The topological polar surface area (TPSA) is 190 Å². The molecule has 6 aromatic rings. The molecule has 0 aliphatic carbocycles. The van der Waals surface area contributed by atoms with Crippen molar-refractivity contribution in [3.63, 3.8) is 0 Å². The van der Waals surface area contributed by atoms with Crippen molar-refractivity contribution in [1.29, 1.82) is 0 Å². The van der Waals surface area contributed by atoms with Crippen molar-refractivity contribution in [3.05, 3.63) is 103 Å². The lowest BCUT2D eigenvalue weighted by Gasteiger charge is -2.29. The van der Waals surface area contributed by atoms with Gasteiger partial charge in [-0.05, 0) is 125 Å². The fraction of sp³-hybridized carbons (Fsp3) is 0.440. The van der Waals surface area contributed by atoms with Crippen LogP contribution in [0.2, 0.25) is 0 Å². The van der Waals surface area contributed by atoms with E-state index in [1.165, 1.54) is 25.7 Å².